The summed E-state index contributed by atoms with van der Waals surface area (Å²) < 4.78 is 6.90. The van der Waals surface area contributed by atoms with Gasteiger partial charge in [0.15, 0.2) is 6.61 Å². The molecule has 0 saturated carbocycles. The molecule has 0 bridgehead atoms. The van der Waals surface area contributed by atoms with Crippen molar-refractivity contribution < 1.29 is 14.3 Å². The number of benzene rings is 1. The molecule has 0 fully saturated rings. The lowest BCUT2D eigenvalue weighted by molar-refractivity contribution is 0.0472. The van der Waals surface area contributed by atoms with E-state index in [1.165, 1.54) is 6.20 Å². The normalized spacial score (nSPS) is 10.9. The van der Waals surface area contributed by atoms with Gasteiger partial charge in [-0.1, -0.05) is 17.7 Å². The molecular weight excluding hydrogens is 356 g/mol. The number of aryl methyl sites for hydroxylation is 4. The minimum Gasteiger partial charge on any atom is -0.454 e. The van der Waals surface area contributed by atoms with Gasteiger partial charge in [0, 0.05) is 24.0 Å². The van der Waals surface area contributed by atoms with Gasteiger partial charge in [0.1, 0.15) is 11.2 Å². The molecule has 28 heavy (non-hydrogen) atoms. The summed E-state index contributed by atoms with van der Waals surface area (Å²) in [4.78, 5) is 42.1. The van der Waals surface area contributed by atoms with Gasteiger partial charge in [0.25, 0.3) is 0 Å². The van der Waals surface area contributed by atoms with E-state index in [9.17, 15) is 14.4 Å². The summed E-state index contributed by atoms with van der Waals surface area (Å²) in [5.74, 6) is -1.11. The number of pyridine rings is 2. The minimum atomic E-state index is -0.812. The zero-order valence-corrected chi connectivity index (χ0v) is 16.4. The van der Waals surface area contributed by atoms with Gasteiger partial charge in [-0.25, -0.2) is 9.78 Å². The number of carbonyl (C=O) groups is 2. The summed E-state index contributed by atoms with van der Waals surface area (Å²) >= 11 is 0. The van der Waals surface area contributed by atoms with Crippen LogP contribution < -0.4 is 5.43 Å². The van der Waals surface area contributed by atoms with Crippen LogP contribution in [0.25, 0.3) is 11.0 Å². The molecule has 0 aliphatic carbocycles. The molecule has 2 heterocycles. The summed E-state index contributed by atoms with van der Waals surface area (Å²) in [6.45, 7) is 7.57. The largest absolute Gasteiger partial charge is 0.454 e. The molecule has 3 aromatic rings. The summed E-state index contributed by atoms with van der Waals surface area (Å²) in [7, 11) is 0. The van der Waals surface area contributed by atoms with Crippen LogP contribution in [0.5, 0.6) is 0 Å². The summed E-state index contributed by atoms with van der Waals surface area (Å²) in [6.07, 6.45) is 1.45. The fourth-order valence-electron chi connectivity index (χ4n) is 3.07. The van der Waals surface area contributed by atoms with Gasteiger partial charge in [0.2, 0.25) is 11.2 Å². The van der Waals surface area contributed by atoms with Gasteiger partial charge in [-0.15, -0.1) is 0 Å². The second-order valence-corrected chi connectivity index (χ2v) is 6.80. The maximum atomic E-state index is 12.7. The Balaban J connectivity index is 1.88. The van der Waals surface area contributed by atoms with Crippen LogP contribution in [0, 0.1) is 20.8 Å². The SMILES string of the molecule is CCn1cc(C(=O)OCC(=O)c2cc(C)ccc2C)c(=O)c2ccc(C)nc21. The molecule has 0 N–H and O–H groups in total. The van der Waals surface area contributed by atoms with Gasteiger partial charge in [0.05, 0.1) is 5.39 Å². The van der Waals surface area contributed by atoms with Gasteiger partial charge in [-0.3, -0.25) is 9.59 Å². The maximum Gasteiger partial charge on any atom is 0.344 e. The minimum absolute atomic E-state index is 0.103. The zero-order chi connectivity index (χ0) is 20.4. The highest BCUT2D eigenvalue weighted by atomic mass is 16.5. The van der Waals surface area contributed by atoms with E-state index in [0.717, 1.165) is 16.8 Å². The maximum absolute atomic E-state index is 12.7. The highest BCUT2D eigenvalue weighted by Crippen LogP contribution is 2.14. The Morgan fingerprint density at radius 2 is 1.82 bits per heavy atom. The van der Waals surface area contributed by atoms with Crippen LogP contribution in [0.3, 0.4) is 0 Å². The number of aromatic nitrogens is 2. The van der Waals surface area contributed by atoms with Crippen LogP contribution in [0.15, 0.2) is 41.3 Å². The number of carbonyl (C=O) groups excluding carboxylic acids is 2. The topological polar surface area (TPSA) is 78.3 Å². The molecule has 0 atom stereocenters. The Morgan fingerprint density at radius 3 is 2.54 bits per heavy atom. The first kappa shape index (κ1) is 19.5. The van der Waals surface area contributed by atoms with Crippen LogP contribution >= 0.6 is 0 Å². The lowest BCUT2D eigenvalue weighted by Crippen LogP contribution is -2.23. The fourth-order valence-corrected chi connectivity index (χ4v) is 3.07. The highest BCUT2D eigenvalue weighted by molar-refractivity contribution is 6.01. The third kappa shape index (κ3) is 3.71. The highest BCUT2D eigenvalue weighted by Gasteiger charge is 2.19. The molecule has 0 spiro atoms. The number of rotatable bonds is 5. The van der Waals surface area contributed by atoms with Crippen LogP contribution in [0.2, 0.25) is 0 Å². The van der Waals surface area contributed by atoms with Crippen molar-refractivity contribution in [3.05, 3.63) is 74.7 Å². The first-order chi connectivity index (χ1) is 13.3. The van der Waals surface area contributed by atoms with E-state index in [2.05, 4.69) is 4.98 Å². The van der Waals surface area contributed by atoms with Crippen LogP contribution in [0.4, 0.5) is 0 Å². The number of esters is 1. The third-order valence-electron chi connectivity index (χ3n) is 4.65. The molecule has 0 amide bonds. The number of hydrogen-bond donors (Lipinski definition) is 0. The second kappa shape index (κ2) is 7.76. The van der Waals surface area contributed by atoms with Gasteiger partial charge in [-0.05, 0) is 51.5 Å². The van der Waals surface area contributed by atoms with Crippen molar-refractivity contribution in [1.29, 1.82) is 0 Å². The average molecular weight is 378 g/mol. The lowest BCUT2D eigenvalue weighted by Gasteiger charge is -2.11. The molecule has 0 saturated heterocycles. The predicted molar refractivity (Wildman–Crippen MR) is 107 cm³/mol. The molecular formula is C22H22N2O4. The van der Waals surface area contributed by atoms with E-state index in [0.29, 0.717) is 23.1 Å². The molecule has 6 heteroatoms. The molecule has 0 unspecified atom stereocenters. The van der Waals surface area contributed by atoms with Gasteiger partial charge >= 0.3 is 5.97 Å². The molecule has 0 aliphatic heterocycles. The van der Waals surface area contributed by atoms with E-state index in [1.807, 2.05) is 39.8 Å². The van der Waals surface area contributed by atoms with Crippen molar-refractivity contribution >= 4 is 22.8 Å². The third-order valence-corrected chi connectivity index (χ3v) is 4.65. The predicted octanol–water partition coefficient (Wildman–Crippen LogP) is 3.38. The quantitative estimate of drug-likeness (QED) is 0.502. The van der Waals surface area contributed by atoms with Crippen molar-refractivity contribution in [1.82, 2.24) is 9.55 Å². The Hall–Kier alpha value is -3.28. The number of hydrogen-bond acceptors (Lipinski definition) is 5. The standard InChI is InChI=1S/C22H22N2O4/c1-5-24-11-18(20(26)16-9-8-15(4)23-21(16)24)22(27)28-12-19(25)17-10-13(2)6-7-14(17)3/h6-11H,5,12H2,1-4H3. The van der Waals surface area contributed by atoms with Crippen molar-refractivity contribution in [3.8, 4) is 0 Å². The Morgan fingerprint density at radius 1 is 1.07 bits per heavy atom. The van der Waals surface area contributed by atoms with Crippen LogP contribution in [-0.4, -0.2) is 27.9 Å². The lowest BCUT2D eigenvalue weighted by atomic mass is 10.0. The van der Waals surface area contributed by atoms with E-state index < -0.39 is 18.0 Å². The monoisotopic (exact) mass is 378 g/mol. The number of ether oxygens (including phenoxy) is 1. The Labute approximate surface area is 162 Å². The van der Waals surface area contributed by atoms with Crippen molar-refractivity contribution in [2.45, 2.75) is 34.2 Å². The van der Waals surface area contributed by atoms with E-state index in [1.54, 1.807) is 22.8 Å². The Bertz CT molecular complexity index is 1150. The molecule has 0 radical (unpaired) electrons. The molecule has 0 aliphatic rings. The molecule has 144 valence electrons. The number of Topliss-reactive ketones (excluding diaryl/α,β-unsaturated/α-hetero) is 1. The van der Waals surface area contributed by atoms with Crippen molar-refractivity contribution in [2.24, 2.45) is 0 Å². The van der Waals surface area contributed by atoms with Crippen molar-refractivity contribution in [3.63, 3.8) is 0 Å². The molecule has 2 aromatic heterocycles. The summed E-state index contributed by atoms with van der Waals surface area (Å²) in [5, 5.41) is 0.350. The first-order valence-corrected chi connectivity index (χ1v) is 9.10. The average Bonchev–Trinajstić information content (AvgIpc) is 2.68. The second-order valence-electron chi connectivity index (χ2n) is 6.80. The van der Waals surface area contributed by atoms with E-state index in [4.69, 9.17) is 4.74 Å². The van der Waals surface area contributed by atoms with Crippen molar-refractivity contribution in [2.75, 3.05) is 6.61 Å². The number of nitrogens with zero attached hydrogens (tertiary/aromatic N) is 2. The van der Waals surface area contributed by atoms with Gasteiger partial charge < -0.3 is 9.30 Å². The van der Waals surface area contributed by atoms with Crippen LogP contribution in [-0.2, 0) is 11.3 Å². The smallest absolute Gasteiger partial charge is 0.344 e. The Kier molecular flexibility index (Phi) is 5.40. The first-order valence-electron chi connectivity index (χ1n) is 9.10. The molecule has 3 rings (SSSR count). The number of ketones is 1. The number of fused-ring (bicyclic) bond motifs is 1. The fraction of sp³-hybridized carbons (Fsp3) is 0.273. The summed E-state index contributed by atoms with van der Waals surface area (Å²) in [6, 6.07) is 8.91. The van der Waals surface area contributed by atoms with Gasteiger partial charge in [-0.2, -0.15) is 0 Å². The molecule has 1 aromatic carbocycles. The summed E-state index contributed by atoms with van der Waals surface area (Å²) in [5.41, 5.74) is 3.02. The zero-order valence-electron chi connectivity index (χ0n) is 16.4. The van der Waals surface area contributed by atoms with E-state index >= 15 is 0 Å². The van der Waals surface area contributed by atoms with E-state index in [-0.39, 0.29) is 11.3 Å². The molecule has 6 nitrogen and oxygen atoms in total. The van der Waals surface area contributed by atoms with Crippen LogP contribution in [0.1, 0.15) is 44.5 Å².